The Labute approximate surface area is 146 Å². The molecule has 130 valence electrons. The lowest BCUT2D eigenvalue weighted by molar-refractivity contribution is -0.121. The van der Waals surface area contributed by atoms with E-state index < -0.39 is 17.7 Å². The van der Waals surface area contributed by atoms with Gasteiger partial charge in [0.05, 0.1) is 6.07 Å². The van der Waals surface area contributed by atoms with E-state index in [-0.39, 0.29) is 17.9 Å². The van der Waals surface area contributed by atoms with E-state index in [9.17, 15) is 13.6 Å². The average Bonchev–Trinajstić information content (AvgIpc) is 2.58. The van der Waals surface area contributed by atoms with Crippen molar-refractivity contribution in [3.63, 3.8) is 0 Å². The third kappa shape index (κ3) is 5.12. The molecule has 25 heavy (non-hydrogen) atoms. The molecule has 0 saturated carbocycles. The van der Waals surface area contributed by atoms with Crippen molar-refractivity contribution in [2.75, 3.05) is 0 Å². The third-order valence-electron chi connectivity index (χ3n) is 4.00. The number of rotatable bonds is 6. The number of hydrogen-bond acceptors (Lipinski definition) is 2. The number of benzene rings is 2. The molecule has 1 N–H and O–H groups in total. The predicted octanol–water partition coefficient (Wildman–Crippen LogP) is 4.40. The summed E-state index contributed by atoms with van der Waals surface area (Å²) in [6, 6.07) is 11.6. The Bertz CT molecular complexity index is 779. The molecule has 5 heteroatoms. The topological polar surface area (TPSA) is 52.9 Å². The molecule has 0 heterocycles. The summed E-state index contributed by atoms with van der Waals surface area (Å²) < 4.78 is 26.7. The summed E-state index contributed by atoms with van der Waals surface area (Å²) in [7, 11) is 0. The monoisotopic (exact) mass is 342 g/mol. The lowest BCUT2D eigenvalue weighted by atomic mass is 10.00. The summed E-state index contributed by atoms with van der Waals surface area (Å²) >= 11 is 0. The fraction of sp³-hybridized carbons (Fsp3) is 0.300. The highest BCUT2D eigenvalue weighted by molar-refractivity contribution is 5.77. The van der Waals surface area contributed by atoms with E-state index in [1.54, 1.807) is 0 Å². The molecule has 2 rings (SSSR count). The van der Waals surface area contributed by atoms with Gasteiger partial charge in [-0.3, -0.25) is 4.79 Å². The lowest BCUT2D eigenvalue weighted by Gasteiger charge is -2.13. The second kappa shape index (κ2) is 8.39. The average molecular weight is 342 g/mol. The van der Waals surface area contributed by atoms with Gasteiger partial charge in [0, 0.05) is 18.1 Å². The smallest absolute Gasteiger partial charge is 0.221 e. The molecule has 0 spiro atoms. The maximum Gasteiger partial charge on any atom is 0.221 e. The molecule has 1 atom stereocenters. The second-order valence-corrected chi connectivity index (χ2v) is 6.19. The molecular formula is C20H20F2N2O. The van der Waals surface area contributed by atoms with Gasteiger partial charge in [0.25, 0.3) is 0 Å². The van der Waals surface area contributed by atoms with Crippen LogP contribution in [0.3, 0.4) is 0 Å². The summed E-state index contributed by atoms with van der Waals surface area (Å²) in [6.07, 6.45) is 0.705. The second-order valence-electron chi connectivity index (χ2n) is 6.19. The number of halogens is 2. The highest BCUT2D eigenvalue weighted by atomic mass is 19.1. The maximum absolute atomic E-state index is 13.7. The lowest BCUT2D eigenvalue weighted by Crippen LogP contribution is -2.28. The fourth-order valence-corrected chi connectivity index (χ4v) is 2.48. The molecule has 2 aromatic carbocycles. The van der Waals surface area contributed by atoms with Crippen LogP contribution in [0.25, 0.3) is 0 Å². The van der Waals surface area contributed by atoms with Crippen molar-refractivity contribution in [3.05, 3.63) is 70.8 Å². The van der Waals surface area contributed by atoms with Gasteiger partial charge < -0.3 is 5.32 Å². The summed E-state index contributed by atoms with van der Waals surface area (Å²) in [5.41, 5.74) is 2.20. The highest BCUT2D eigenvalue weighted by Gasteiger charge is 2.18. The zero-order valence-electron chi connectivity index (χ0n) is 14.2. The molecule has 0 radical (unpaired) electrons. The van der Waals surface area contributed by atoms with Crippen molar-refractivity contribution in [3.8, 4) is 6.07 Å². The van der Waals surface area contributed by atoms with Gasteiger partial charge in [-0.25, -0.2) is 8.78 Å². The Morgan fingerprint density at radius 1 is 1.16 bits per heavy atom. The van der Waals surface area contributed by atoms with Crippen molar-refractivity contribution in [2.45, 2.75) is 38.6 Å². The van der Waals surface area contributed by atoms with Crippen LogP contribution in [0.2, 0.25) is 0 Å². The Morgan fingerprint density at radius 2 is 1.84 bits per heavy atom. The molecule has 0 aliphatic rings. The zero-order valence-corrected chi connectivity index (χ0v) is 14.2. The molecule has 1 unspecified atom stereocenters. The van der Waals surface area contributed by atoms with Gasteiger partial charge in [-0.05, 0) is 29.5 Å². The van der Waals surface area contributed by atoms with E-state index >= 15 is 0 Å². The Kier molecular flexibility index (Phi) is 6.24. The first-order valence-corrected chi connectivity index (χ1v) is 8.13. The first kappa shape index (κ1) is 18.6. The summed E-state index contributed by atoms with van der Waals surface area (Å²) in [4.78, 5) is 12.1. The van der Waals surface area contributed by atoms with Gasteiger partial charge in [0.15, 0.2) is 0 Å². The highest BCUT2D eigenvalue weighted by Crippen LogP contribution is 2.18. The van der Waals surface area contributed by atoms with Gasteiger partial charge in [-0.15, -0.1) is 0 Å². The number of carbonyl (C=O) groups is 1. The van der Waals surface area contributed by atoms with E-state index in [2.05, 4.69) is 19.2 Å². The van der Waals surface area contributed by atoms with Crippen LogP contribution in [0.5, 0.6) is 0 Å². The van der Waals surface area contributed by atoms with Crippen molar-refractivity contribution in [1.82, 2.24) is 5.32 Å². The SMILES string of the molecule is CC(C)c1ccc(CCC(=O)NC(C#N)c2ccc(F)cc2F)cc1. The van der Waals surface area contributed by atoms with Crippen LogP contribution in [0.4, 0.5) is 8.78 Å². The van der Waals surface area contributed by atoms with E-state index in [4.69, 9.17) is 5.26 Å². The number of aryl methyl sites for hydroxylation is 1. The number of carbonyl (C=O) groups excluding carboxylic acids is 1. The van der Waals surface area contributed by atoms with E-state index in [0.717, 1.165) is 11.6 Å². The Hall–Kier alpha value is -2.74. The predicted molar refractivity (Wildman–Crippen MR) is 91.7 cm³/mol. The first-order valence-electron chi connectivity index (χ1n) is 8.13. The summed E-state index contributed by atoms with van der Waals surface area (Å²) in [5, 5.41) is 11.6. The molecule has 1 amide bonds. The summed E-state index contributed by atoms with van der Waals surface area (Å²) in [5.74, 6) is -1.49. The van der Waals surface area contributed by atoms with Gasteiger partial charge in [0.2, 0.25) is 5.91 Å². The summed E-state index contributed by atoms with van der Waals surface area (Å²) in [6.45, 7) is 4.22. The minimum atomic E-state index is -1.14. The standard InChI is InChI=1S/C20H20F2N2O/c1-13(2)15-6-3-14(4-7-15)5-10-20(25)24-19(12-23)17-9-8-16(21)11-18(17)22/h3-4,6-9,11,13,19H,5,10H2,1-2H3,(H,24,25). The minimum Gasteiger partial charge on any atom is -0.337 e. The van der Waals surface area contributed by atoms with Crippen LogP contribution >= 0.6 is 0 Å². The molecule has 3 nitrogen and oxygen atoms in total. The third-order valence-corrected chi connectivity index (χ3v) is 4.00. The molecule has 2 aromatic rings. The normalized spacial score (nSPS) is 11.8. The molecular weight excluding hydrogens is 322 g/mol. The van der Waals surface area contributed by atoms with Gasteiger partial charge in [0.1, 0.15) is 17.7 Å². The van der Waals surface area contributed by atoms with E-state index in [1.165, 1.54) is 11.6 Å². The van der Waals surface area contributed by atoms with E-state index in [1.807, 2.05) is 30.3 Å². The van der Waals surface area contributed by atoms with Crippen molar-refractivity contribution >= 4 is 5.91 Å². The number of nitrogens with one attached hydrogen (secondary N) is 1. The van der Waals surface area contributed by atoms with Crippen LogP contribution in [0.1, 0.15) is 48.9 Å². The molecule has 0 saturated heterocycles. The van der Waals surface area contributed by atoms with Crippen molar-refractivity contribution < 1.29 is 13.6 Å². The molecule has 0 aromatic heterocycles. The Morgan fingerprint density at radius 3 is 2.40 bits per heavy atom. The van der Waals surface area contributed by atoms with Gasteiger partial charge >= 0.3 is 0 Å². The number of amides is 1. The van der Waals surface area contributed by atoms with Gasteiger partial charge in [-0.1, -0.05) is 44.2 Å². The van der Waals surface area contributed by atoms with Crippen LogP contribution in [-0.4, -0.2) is 5.91 Å². The fourth-order valence-electron chi connectivity index (χ4n) is 2.48. The number of nitriles is 1. The maximum atomic E-state index is 13.7. The van der Waals surface area contributed by atoms with E-state index in [0.29, 0.717) is 18.4 Å². The molecule has 0 aliphatic heterocycles. The van der Waals surface area contributed by atoms with Gasteiger partial charge in [-0.2, -0.15) is 5.26 Å². The minimum absolute atomic E-state index is 0.0430. The molecule has 0 bridgehead atoms. The van der Waals surface area contributed by atoms with Crippen LogP contribution < -0.4 is 5.32 Å². The van der Waals surface area contributed by atoms with Crippen molar-refractivity contribution in [2.24, 2.45) is 0 Å². The van der Waals surface area contributed by atoms with Crippen LogP contribution in [-0.2, 0) is 11.2 Å². The zero-order chi connectivity index (χ0) is 18.4. The quantitative estimate of drug-likeness (QED) is 0.846. The van der Waals surface area contributed by atoms with Crippen LogP contribution in [0.15, 0.2) is 42.5 Å². The van der Waals surface area contributed by atoms with Crippen LogP contribution in [0, 0.1) is 23.0 Å². The first-order chi connectivity index (χ1) is 11.9. The largest absolute Gasteiger partial charge is 0.337 e. The Balaban J connectivity index is 1.95. The molecule has 0 aliphatic carbocycles. The number of hydrogen-bond donors (Lipinski definition) is 1. The number of nitrogens with zero attached hydrogens (tertiary/aromatic N) is 1. The molecule has 0 fully saturated rings. The van der Waals surface area contributed by atoms with Crippen molar-refractivity contribution in [1.29, 1.82) is 5.26 Å².